The first-order valence-electron chi connectivity index (χ1n) is 6.38. The first-order valence-corrected chi connectivity index (χ1v) is 6.38. The Hall–Kier alpha value is -2.43. The molecule has 3 N–H and O–H groups in total. The van der Waals surface area contributed by atoms with E-state index in [1.807, 2.05) is 24.3 Å². The van der Waals surface area contributed by atoms with Crippen LogP contribution < -0.4 is 11.1 Å². The summed E-state index contributed by atoms with van der Waals surface area (Å²) in [6.07, 6.45) is 0. The molecular weight excluding hydrogens is 252 g/mol. The topological polar surface area (TPSA) is 80.9 Å². The summed E-state index contributed by atoms with van der Waals surface area (Å²) in [7, 11) is 0. The second kappa shape index (κ2) is 5.28. The van der Waals surface area contributed by atoms with Gasteiger partial charge >= 0.3 is 0 Å². The second-order valence-corrected chi connectivity index (χ2v) is 5.59. The maximum atomic E-state index is 12.2. The molecule has 1 aromatic carbocycles. The fourth-order valence-electron chi connectivity index (χ4n) is 1.90. The number of hydrogen-bond acceptors (Lipinski definition) is 4. The Labute approximate surface area is 118 Å². The van der Waals surface area contributed by atoms with Gasteiger partial charge in [0.25, 0.3) is 5.91 Å². The molecule has 0 saturated carbocycles. The van der Waals surface area contributed by atoms with Crippen molar-refractivity contribution < 1.29 is 4.79 Å². The van der Waals surface area contributed by atoms with Crippen LogP contribution in [0, 0.1) is 0 Å². The van der Waals surface area contributed by atoms with Gasteiger partial charge in [0.05, 0.1) is 0 Å². The van der Waals surface area contributed by atoms with Crippen molar-refractivity contribution in [2.45, 2.75) is 26.2 Å². The third-order valence-corrected chi connectivity index (χ3v) is 2.90. The molecule has 1 heterocycles. The highest BCUT2D eigenvalue weighted by atomic mass is 16.1. The van der Waals surface area contributed by atoms with Gasteiger partial charge in [0.2, 0.25) is 0 Å². The predicted octanol–water partition coefficient (Wildman–Crippen LogP) is 2.61. The predicted molar refractivity (Wildman–Crippen MR) is 79.5 cm³/mol. The quantitative estimate of drug-likeness (QED) is 0.879. The number of nitrogens with two attached hydrogens (primary N) is 1. The van der Waals surface area contributed by atoms with E-state index in [4.69, 9.17) is 5.73 Å². The first kappa shape index (κ1) is 14.0. The lowest BCUT2D eigenvalue weighted by Gasteiger charge is -2.22. The molecule has 0 unspecified atom stereocenters. The standard InChI is InChI=1S/C15H18N4O/c1-15(2,3)10-6-4-5-7-11(10)17-14(20)12-8-9-13(16)19-18-12/h4-9H,1-3H3,(H2,16,19)(H,17,20). The summed E-state index contributed by atoms with van der Waals surface area (Å²) < 4.78 is 0. The molecule has 0 aliphatic carbocycles. The Morgan fingerprint density at radius 2 is 1.80 bits per heavy atom. The average Bonchev–Trinajstić information content (AvgIpc) is 2.38. The molecule has 0 spiro atoms. The number of carbonyl (C=O) groups is 1. The first-order chi connectivity index (χ1) is 9.38. The Morgan fingerprint density at radius 3 is 2.40 bits per heavy atom. The number of aromatic nitrogens is 2. The monoisotopic (exact) mass is 270 g/mol. The molecule has 5 heteroatoms. The molecule has 104 valence electrons. The molecule has 1 aromatic heterocycles. The average molecular weight is 270 g/mol. The summed E-state index contributed by atoms with van der Waals surface area (Å²) in [5.41, 5.74) is 7.48. The highest BCUT2D eigenvalue weighted by molar-refractivity contribution is 6.03. The Kier molecular flexibility index (Phi) is 3.70. The van der Waals surface area contributed by atoms with Gasteiger partial charge in [0.15, 0.2) is 5.69 Å². The van der Waals surface area contributed by atoms with Crippen molar-refractivity contribution in [1.82, 2.24) is 10.2 Å². The van der Waals surface area contributed by atoms with E-state index in [2.05, 4.69) is 36.3 Å². The van der Waals surface area contributed by atoms with Gasteiger partial charge in [-0.1, -0.05) is 39.0 Å². The lowest BCUT2D eigenvalue weighted by Crippen LogP contribution is -2.19. The van der Waals surface area contributed by atoms with E-state index in [0.717, 1.165) is 11.3 Å². The van der Waals surface area contributed by atoms with Crippen LogP contribution in [0.5, 0.6) is 0 Å². The maximum absolute atomic E-state index is 12.2. The van der Waals surface area contributed by atoms with Gasteiger partial charge in [-0.25, -0.2) is 0 Å². The minimum absolute atomic E-state index is 0.0589. The van der Waals surface area contributed by atoms with Crippen LogP contribution in [0.25, 0.3) is 0 Å². The van der Waals surface area contributed by atoms with E-state index in [1.54, 1.807) is 12.1 Å². The lowest BCUT2D eigenvalue weighted by molar-refractivity contribution is 0.102. The normalized spacial score (nSPS) is 11.2. The molecule has 0 bridgehead atoms. The third kappa shape index (κ3) is 3.12. The molecule has 0 radical (unpaired) electrons. The zero-order valence-electron chi connectivity index (χ0n) is 11.8. The molecule has 2 rings (SSSR count). The Morgan fingerprint density at radius 1 is 1.10 bits per heavy atom. The highest BCUT2D eigenvalue weighted by Crippen LogP contribution is 2.29. The van der Waals surface area contributed by atoms with Gasteiger partial charge in [-0.3, -0.25) is 4.79 Å². The van der Waals surface area contributed by atoms with E-state index in [0.29, 0.717) is 0 Å². The molecule has 20 heavy (non-hydrogen) atoms. The number of nitrogens with one attached hydrogen (secondary N) is 1. The zero-order chi connectivity index (χ0) is 14.8. The molecule has 0 saturated heterocycles. The van der Waals surface area contributed by atoms with Crippen LogP contribution in [-0.4, -0.2) is 16.1 Å². The summed E-state index contributed by atoms with van der Waals surface area (Å²) in [5.74, 6) is -0.00848. The number of nitrogens with zero attached hydrogens (tertiary/aromatic N) is 2. The molecule has 0 aliphatic heterocycles. The highest BCUT2D eigenvalue weighted by Gasteiger charge is 2.19. The van der Waals surface area contributed by atoms with Gasteiger partial charge in [-0.2, -0.15) is 0 Å². The summed E-state index contributed by atoms with van der Waals surface area (Å²) in [5, 5.41) is 10.3. The van der Waals surface area contributed by atoms with Crippen LogP contribution in [-0.2, 0) is 5.41 Å². The maximum Gasteiger partial charge on any atom is 0.276 e. The van der Waals surface area contributed by atoms with E-state index in [-0.39, 0.29) is 22.8 Å². The van der Waals surface area contributed by atoms with E-state index in [1.165, 1.54) is 0 Å². The number of anilines is 2. The van der Waals surface area contributed by atoms with Crippen LogP contribution in [0.4, 0.5) is 11.5 Å². The zero-order valence-corrected chi connectivity index (χ0v) is 11.8. The van der Waals surface area contributed by atoms with Crippen LogP contribution in [0.1, 0.15) is 36.8 Å². The van der Waals surface area contributed by atoms with Gasteiger partial charge in [0.1, 0.15) is 5.82 Å². The van der Waals surface area contributed by atoms with Crippen LogP contribution in [0.2, 0.25) is 0 Å². The molecule has 5 nitrogen and oxygen atoms in total. The van der Waals surface area contributed by atoms with E-state index in [9.17, 15) is 4.79 Å². The van der Waals surface area contributed by atoms with Crippen molar-refractivity contribution in [1.29, 1.82) is 0 Å². The van der Waals surface area contributed by atoms with Crippen molar-refractivity contribution in [3.8, 4) is 0 Å². The number of rotatable bonds is 2. The summed E-state index contributed by atoms with van der Waals surface area (Å²) in [6, 6.07) is 10.8. The van der Waals surface area contributed by atoms with Crippen molar-refractivity contribution in [2.24, 2.45) is 0 Å². The van der Waals surface area contributed by atoms with Gasteiger partial charge in [-0.15, -0.1) is 10.2 Å². The molecule has 0 atom stereocenters. The van der Waals surface area contributed by atoms with E-state index < -0.39 is 0 Å². The SMILES string of the molecule is CC(C)(C)c1ccccc1NC(=O)c1ccc(N)nn1. The van der Waals surface area contributed by atoms with Gasteiger partial charge < -0.3 is 11.1 Å². The fraction of sp³-hybridized carbons (Fsp3) is 0.267. The van der Waals surface area contributed by atoms with Crippen molar-refractivity contribution >= 4 is 17.4 Å². The Balaban J connectivity index is 2.26. The number of carbonyl (C=O) groups excluding carboxylic acids is 1. The molecule has 2 aromatic rings. The number of hydrogen-bond donors (Lipinski definition) is 2. The summed E-state index contributed by atoms with van der Waals surface area (Å²) in [4.78, 5) is 12.2. The lowest BCUT2D eigenvalue weighted by atomic mass is 9.86. The van der Waals surface area contributed by atoms with Crippen LogP contribution in [0.15, 0.2) is 36.4 Å². The minimum Gasteiger partial charge on any atom is -0.382 e. The summed E-state index contributed by atoms with van der Waals surface area (Å²) >= 11 is 0. The van der Waals surface area contributed by atoms with Crippen molar-refractivity contribution in [3.63, 3.8) is 0 Å². The second-order valence-electron chi connectivity index (χ2n) is 5.59. The smallest absolute Gasteiger partial charge is 0.276 e. The Bertz CT molecular complexity index is 615. The molecule has 1 amide bonds. The van der Waals surface area contributed by atoms with E-state index >= 15 is 0 Å². The number of para-hydroxylation sites is 1. The third-order valence-electron chi connectivity index (χ3n) is 2.90. The van der Waals surface area contributed by atoms with Crippen molar-refractivity contribution in [2.75, 3.05) is 11.1 Å². The number of amides is 1. The minimum atomic E-state index is -0.297. The van der Waals surface area contributed by atoms with Crippen LogP contribution in [0.3, 0.4) is 0 Å². The van der Waals surface area contributed by atoms with Crippen molar-refractivity contribution in [3.05, 3.63) is 47.7 Å². The van der Waals surface area contributed by atoms with Crippen LogP contribution >= 0.6 is 0 Å². The molecule has 0 aliphatic rings. The number of benzene rings is 1. The largest absolute Gasteiger partial charge is 0.382 e. The van der Waals surface area contributed by atoms with Gasteiger partial charge in [-0.05, 0) is 29.2 Å². The molecular formula is C15H18N4O. The number of nitrogen functional groups attached to an aromatic ring is 1. The molecule has 0 fully saturated rings. The fourth-order valence-corrected chi connectivity index (χ4v) is 1.90. The van der Waals surface area contributed by atoms with Gasteiger partial charge in [0, 0.05) is 5.69 Å². The summed E-state index contributed by atoms with van der Waals surface area (Å²) in [6.45, 7) is 6.29.